The first-order chi connectivity index (χ1) is 7.84. The monoisotopic (exact) mass is 249 g/mol. The molecule has 0 radical (unpaired) electrons. The molecule has 1 N–H and O–H groups in total. The van der Waals surface area contributed by atoms with Gasteiger partial charge in [0.15, 0.2) is 11.6 Å². The van der Waals surface area contributed by atoms with Gasteiger partial charge >= 0.3 is 0 Å². The lowest BCUT2D eigenvalue weighted by molar-refractivity contribution is 0.473. The minimum Gasteiger partial charge on any atom is -0.504 e. The molecule has 0 aliphatic carbocycles. The van der Waals surface area contributed by atoms with Crippen molar-refractivity contribution < 1.29 is 5.11 Å². The Balaban J connectivity index is 0.00000108. The molecule has 88 valence electrons. The molecule has 1 aromatic carbocycles. The Hall–Kier alpha value is -1.81. The summed E-state index contributed by atoms with van der Waals surface area (Å²) >= 11 is 0. The van der Waals surface area contributed by atoms with E-state index in [1.165, 1.54) is 0 Å². The molecule has 3 rings (SSSR count). The second-order valence-corrected chi connectivity index (χ2v) is 3.73. The Labute approximate surface area is 105 Å². The highest BCUT2D eigenvalue weighted by Crippen LogP contribution is 2.29. The van der Waals surface area contributed by atoms with Gasteiger partial charge in [0.05, 0.1) is 5.52 Å². The summed E-state index contributed by atoms with van der Waals surface area (Å²) in [6, 6.07) is 9.45. The van der Waals surface area contributed by atoms with Crippen LogP contribution in [0, 0.1) is 0 Å². The summed E-state index contributed by atoms with van der Waals surface area (Å²) in [6.45, 7) is 0.777. The minimum atomic E-state index is 0. The molecule has 4 nitrogen and oxygen atoms in total. The number of aromatic hydroxyl groups is 1. The molecular weight excluding hydrogens is 238 g/mol. The van der Waals surface area contributed by atoms with Crippen molar-refractivity contribution >= 4 is 35.3 Å². The molecule has 0 fully saturated rings. The number of benzene rings is 1. The van der Waals surface area contributed by atoms with Crippen LogP contribution in [0.2, 0.25) is 0 Å². The highest BCUT2D eigenvalue weighted by atomic mass is 35.5. The van der Waals surface area contributed by atoms with Gasteiger partial charge in [-0.1, -0.05) is 18.2 Å². The summed E-state index contributed by atoms with van der Waals surface area (Å²) < 4.78 is 0. The fraction of sp³-hybridized carbons (Fsp3) is 0.167. The highest BCUT2D eigenvalue weighted by molar-refractivity contribution is 5.85. The SMILES string of the molecule is Cl.Oc1cc2ccccc2nc1N1CCC=N1. The van der Waals surface area contributed by atoms with Crippen LogP contribution in [-0.2, 0) is 0 Å². The van der Waals surface area contributed by atoms with Gasteiger partial charge in [0.1, 0.15) is 0 Å². The van der Waals surface area contributed by atoms with Gasteiger partial charge in [-0.15, -0.1) is 12.4 Å². The summed E-state index contributed by atoms with van der Waals surface area (Å²) in [5.41, 5.74) is 0.873. The zero-order valence-electron chi connectivity index (χ0n) is 9.08. The third-order valence-electron chi connectivity index (χ3n) is 2.62. The Morgan fingerprint density at radius 3 is 2.82 bits per heavy atom. The van der Waals surface area contributed by atoms with Crippen molar-refractivity contribution in [1.82, 2.24) is 4.98 Å². The molecule has 17 heavy (non-hydrogen) atoms. The summed E-state index contributed by atoms with van der Waals surface area (Å²) in [4.78, 5) is 4.42. The number of para-hydroxylation sites is 1. The van der Waals surface area contributed by atoms with E-state index in [4.69, 9.17) is 0 Å². The molecule has 0 spiro atoms. The van der Waals surface area contributed by atoms with Gasteiger partial charge in [0.25, 0.3) is 0 Å². The predicted octanol–water partition coefficient (Wildman–Crippen LogP) is 2.56. The van der Waals surface area contributed by atoms with Crippen LogP contribution in [0.5, 0.6) is 5.75 Å². The summed E-state index contributed by atoms with van der Waals surface area (Å²) in [6.07, 6.45) is 2.73. The number of rotatable bonds is 1. The van der Waals surface area contributed by atoms with Crippen LogP contribution in [0.3, 0.4) is 0 Å². The van der Waals surface area contributed by atoms with Crippen molar-refractivity contribution in [3.8, 4) is 5.75 Å². The molecule has 0 saturated carbocycles. The normalized spacial score (nSPS) is 14.0. The van der Waals surface area contributed by atoms with E-state index < -0.39 is 0 Å². The van der Waals surface area contributed by atoms with Gasteiger partial charge < -0.3 is 5.11 Å². The van der Waals surface area contributed by atoms with E-state index in [1.807, 2.05) is 30.5 Å². The number of anilines is 1. The van der Waals surface area contributed by atoms with Crippen LogP contribution >= 0.6 is 12.4 Å². The van der Waals surface area contributed by atoms with Crippen molar-refractivity contribution in [3.63, 3.8) is 0 Å². The van der Waals surface area contributed by atoms with Crippen molar-refractivity contribution in [2.75, 3.05) is 11.6 Å². The molecule has 2 aromatic rings. The molecular formula is C12H12ClN3O. The second kappa shape index (κ2) is 4.59. The zero-order valence-corrected chi connectivity index (χ0v) is 9.89. The second-order valence-electron chi connectivity index (χ2n) is 3.73. The lowest BCUT2D eigenvalue weighted by atomic mass is 10.2. The van der Waals surface area contributed by atoms with Crippen LogP contribution in [0.1, 0.15) is 6.42 Å². The lowest BCUT2D eigenvalue weighted by Crippen LogP contribution is -2.13. The number of hydrazone groups is 1. The number of fused-ring (bicyclic) bond motifs is 1. The average Bonchev–Trinajstić information content (AvgIpc) is 2.81. The van der Waals surface area contributed by atoms with E-state index in [0.717, 1.165) is 23.9 Å². The molecule has 0 amide bonds. The fourth-order valence-electron chi connectivity index (χ4n) is 1.84. The standard InChI is InChI=1S/C12H11N3O.ClH/c16-11-8-9-4-1-2-5-10(9)14-12(11)15-7-3-6-13-15;/h1-2,4-6,8,16H,3,7H2;1H. The Kier molecular flexibility index (Phi) is 3.15. The first-order valence-electron chi connectivity index (χ1n) is 5.23. The number of halogens is 1. The zero-order chi connectivity index (χ0) is 11.0. The molecule has 0 atom stereocenters. The Bertz CT molecular complexity index is 571. The van der Waals surface area contributed by atoms with Crippen molar-refractivity contribution in [1.29, 1.82) is 0 Å². The number of pyridine rings is 1. The molecule has 0 unspecified atom stereocenters. The number of hydrogen-bond acceptors (Lipinski definition) is 4. The topological polar surface area (TPSA) is 48.7 Å². The summed E-state index contributed by atoms with van der Waals surface area (Å²) in [7, 11) is 0. The Morgan fingerprint density at radius 2 is 2.06 bits per heavy atom. The molecule has 5 heteroatoms. The van der Waals surface area contributed by atoms with Crippen LogP contribution in [-0.4, -0.2) is 22.8 Å². The minimum absolute atomic E-state index is 0. The van der Waals surface area contributed by atoms with E-state index in [-0.39, 0.29) is 18.2 Å². The first kappa shape index (κ1) is 11.7. The molecule has 0 saturated heterocycles. The maximum absolute atomic E-state index is 9.89. The maximum atomic E-state index is 9.89. The number of hydrogen-bond donors (Lipinski definition) is 1. The lowest BCUT2D eigenvalue weighted by Gasteiger charge is -2.14. The van der Waals surface area contributed by atoms with E-state index in [2.05, 4.69) is 10.1 Å². The fourth-order valence-corrected chi connectivity index (χ4v) is 1.84. The van der Waals surface area contributed by atoms with Gasteiger partial charge in [-0.2, -0.15) is 5.10 Å². The van der Waals surface area contributed by atoms with E-state index in [0.29, 0.717) is 5.82 Å². The van der Waals surface area contributed by atoms with Gasteiger partial charge in [-0.25, -0.2) is 9.99 Å². The Morgan fingerprint density at radius 1 is 1.24 bits per heavy atom. The van der Waals surface area contributed by atoms with Gasteiger partial charge in [-0.3, -0.25) is 0 Å². The van der Waals surface area contributed by atoms with Crippen LogP contribution in [0.15, 0.2) is 35.4 Å². The van der Waals surface area contributed by atoms with Crippen LogP contribution < -0.4 is 5.01 Å². The average molecular weight is 250 g/mol. The molecule has 1 aromatic heterocycles. The smallest absolute Gasteiger partial charge is 0.192 e. The number of nitrogens with zero attached hydrogens (tertiary/aromatic N) is 3. The predicted molar refractivity (Wildman–Crippen MR) is 71.1 cm³/mol. The van der Waals surface area contributed by atoms with E-state index in [9.17, 15) is 5.11 Å². The van der Waals surface area contributed by atoms with Crippen molar-refractivity contribution in [3.05, 3.63) is 30.3 Å². The summed E-state index contributed by atoms with van der Waals surface area (Å²) in [5.74, 6) is 0.713. The quantitative estimate of drug-likeness (QED) is 0.845. The molecule has 1 aliphatic heterocycles. The number of aromatic nitrogens is 1. The largest absolute Gasteiger partial charge is 0.504 e. The van der Waals surface area contributed by atoms with Gasteiger partial charge in [0.2, 0.25) is 0 Å². The van der Waals surface area contributed by atoms with Gasteiger partial charge in [0, 0.05) is 24.6 Å². The molecule has 2 heterocycles. The van der Waals surface area contributed by atoms with Crippen LogP contribution in [0.25, 0.3) is 10.9 Å². The maximum Gasteiger partial charge on any atom is 0.192 e. The highest BCUT2D eigenvalue weighted by Gasteiger charge is 2.15. The summed E-state index contributed by atoms with van der Waals surface area (Å²) in [5, 5.41) is 16.7. The third kappa shape index (κ3) is 2.03. The van der Waals surface area contributed by atoms with Crippen molar-refractivity contribution in [2.45, 2.75) is 6.42 Å². The first-order valence-corrected chi connectivity index (χ1v) is 5.23. The van der Waals surface area contributed by atoms with Crippen LogP contribution in [0.4, 0.5) is 5.82 Å². The van der Waals surface area contributed by atoms with Gasteiger partial charge in [-0.05, 0) is 12.1 Å². The molecule has 0 bridgehead atoms. The molecule has 1 aliphatic rings. The van der Waals surface area contributed by atoms with E-state index in [1.54, 1.807) is 11.1 Å². The van der Waals surface area contributed by atoms with E-state index >= 15 is 0 Å². The van der Waals surface area contributed by atoms with Crippen molar-refractivity contribution in [2.24, 2.45) is 5.10 Å². The third-order valence-corrected chi connectivity index (χ3v) is 2.62.